The first kappa shape index (κ1) is 16.3. The van der Waals surface area contributed by atoms with Crippen molar-refractivity contribution in [2.45, 2.75) is 0 Å². The number of hydrogen-bond acceptors (Lipinski definition) is 3. The lowest BCUT2D eigenvalue weighted by Gasteiger charge is -2.09. The van der Waals surface area contributed by atoms with Crippen molar-refractivity contribution in [3.63, 3.8) is 0 Å². The standard InChI is InChI=1S/C15H10Cl2FNO3/c1-22-15(21)8-2-5-13(11(17)6-8)19-14(20)10-7-9(16)3-4-12(10)18/h2-7H,1H3,(H,19,20). The Morgan fingerprint density at radius 2 is 1.86 bits per heavy atom. The van der Waals surface area contributed by atoms with E-state index in [9.17, 15) is 14.0 Å². The molecule has 0 aliphatic carbocycles. The van der Waals surface area contributed by atoms with Gasteiger partial charge in [-0.3, -0.25) is 4.79 Å². The smallest absolute Gasteiger partial charge is 0.337 e. The van der Waals surface area contributed by atoms with E-state index in [1.54, 1.807) is 0 Å². The molecule has 0 aliphatic rings. The number of esters is 1. The van der Waals surface area contributed by atoms with Crippen molar-refractivity contribution in [2.24, 2.45) is 0 Å². The maximum absolute atomic E-state index is 13.6. The lowest BCUT2D eigenvalue weighted by Crippen LogP contribution is -2.14. The largest absolute Gasteiger partial charge is 0.465 e. The van der Waals surface area contributed by atoms with Crippen LogP contribution >= 0.6 is 23.2 Å². The molecule has 2 rings (SSSR count). The summed E-state index contributed by atoms with van der Waals surface area (Å²) >= 11 is 11.7. The summed E-state index contributed by atoms with van der Waals surface area (Å²) in [6, 6.07) is 7.85. The van der Waals surface area contributed by atoms with E-state index in [2.05, 4.69) is 10.1 Å². The average molecular weight is 342 g/mol. The molecule has 4 nitrogen and oxygen atoms in total. The predicted octanol–water partition coefficient (Wildman–Crippen LogP) is 4.17. The van der Waals surface area contributed by atoms with Crippen LogP contribution in [0.15, 0.2) is 36.4 Å². The summed E-state index contributed by atoms with van der Waals surface area (Å²) in [6.07, 6.45) is 0. The molecule has 2 aromatic rings. The third-order valence-electron chi connectivity index (χ3n) is 2.81. The van der Waals surface area contributed by atoms with E-state index in [-0.39, 0.29) is 26.9 Å². The van der Waals surface area contributed by atoms with E-state index in [1.165, 1.54) is 37.4 Å². The number of amides is 1. The fraction of sp³-hybridized carbons (Fsp3) is 0.0667. The highest BCUT2D eigenvalue weighted by atomic mass is 35.5. The first-order valence-electron chi connectivity index (χ1n) is 6.06. The van der Waals surface area contributed by atoms with E-state index >= 15 is 0 Å². The lowest BCUT2D eigenvalue weighted by atomic mass is 10.1. The molecule has 0 spiro atoms. The molecule has 0 atom stereocenters. The van der Waals surface area contributed by atoms with Crippen LogP contribution in [0.1, 0.15) is 20.7 Å². The molecule has 1 N–H and O–H groups in total. The minimum Gasteiger partial charge on any atom is -0.465 e. The number of nitrogens with one attached hydrogen (secondary N) is 1. The SMILES string of the molecule is COC(=O)c1ccc(NC(=O)c2cc(Cl)ccc2F)c(Cl)c1. The van der Waals surface area contributed by atoms with Crippen molar-refractivity contribution >= 4 is 40.8 Å². The Hall–Kier alpha value is -2.11. The zero-order valence-corrected chi connectivity index (χ0v) is 12.8. The fourth-order valence-electron chi connectivity index (χ4n) is 1.72. The van der Waals surface area contributed by atoms with Crippen molar-refractivity contribution in [3.05, 3.63) is 63.4 Å². The molecule has 0 aromatic heterocycles. The topological polar surface area (TPSA) is 55.4 Å². The van der Waals surface area contributed by atoms with Crippen molar-refractivity contribution in [3.8, 4) is 0 Å². The predicted molar refractivity (Wildman–Crippen MR) is 82.2 cm³/mol. The highest BCUT2D eigenvalue weighted by molar-refractivity contribution is 6.34. The van der Waals surface area contributed by atoms with Crippen LogP contribution in [0.4, 0.5) is 10.1 Å². The van der Waals surface area contributed by atoms with Gasteiger partial charge in [0.1, 0.15) is 5.82 Å². The molecule has 0 aliphatic heterocycles. The normalized spacial score (nSPS) is 10.2. The van der Waals surface area contributed by atoms with Crippen molar-refractivity contribution in [1.29, 1.82) is 0 Å². The molecule has 0 saturated heterocycles. The Morgan fingerprint density at radius 3 is 2.50 bits per heavy atom. The molecule has 22 heavy (non-hydrogen) atoms. The molecule has 2 aromatic carbocycles. The van der Waals surface area contributed by atoms with E-state index in [4.69, 9.17) is 23.2 Å². The van der Waals surface area contributed by atoms with Crippen molar-refractivity contribution in [2.75, 3.05) is 12.4 Å². The molecular weight excluding hydrogens is 332 g/mol. The number of methoxy groups -OCH3 is 1. The zero-order chi connectivity index (χ0) is 16.3. The van der Waals surface area contributed by atoms with Crippen LogP contribution in [0.3, 0.4) is 0 Å². The zero-order valence-electron chi connectivity index (χ0n) is 11.3. The molecule has 0 bridgehead atoms. The van der Waals surface area contributed by atoms with Gasteiger partial charge in [0.05, 0.1) is 28.9 Å². The van der Waals surface area contributed by atoms with Gasteiger partial charge in [-0.15, -0.1) is 0 Å². The van der Waals surface area contributed by atoms with Crippen LogP contribution in [0.2, 0.25) is 10.0 Å². The molecule has 1 amide bonds. The number of halogens is 3. The second kappa shape index (κ2) is 6.77. The van der Waals surface area contributed by atoms with E-state index in [0.29, 0.717) is 0 Å². The van der Waals surface area contributed by atoms with Crippen molar-refractivity contribution in [1.82, 2.24) is 0 Å². The molecule has 7 heteroatoms. The summed E-state index contributed by atoms with van der Waals surface area (Å²) in [7, 11) is 1.24. The van der Waals surface area contributed by atoms with Crippen molar-refractivity contribution < 1.29 is 18.7 Å². The van der Waals surface area contributed by atoms with Crippen LogP contribution in [-0.4, -0.2) is 19.0 Å². The van der Waals surface area contributed by atoms with Crippen LogP contribution in [0.25, 0.3) is 0 Å². The second-order valence-corrected chi connectivity index (χ2v) is 5.11. The summed E-state index contributed by atoms with van der Waals surface area (Å²) in [5.41, 5.74) is 0.263. The summed E-state index contributed by atoms with van der Waals surface area (Å²) in [6.45, 7) is 0. The lowest BCUT2D eigenvalue weighted by molar-refractivity contribution is 0.0600. The quantitative estimate of drug-likeness (QED) is 0.852. The van der Waals surface area contributed by atoms with E-state index in [1.807, 2.05) is 0 Å². The Morgan fingerprint density at radius 1 is 1.14 bits per heavy atom. The second-order valence-electron chi connectivity index (χ2n) is 4.26. The Labute approximate surface area is 135 Å². The Kier molecular flexibility index (Phi) is 5.00. The average Bonchev–Trinajstić information content (AvgIpc) is 2.50. The maximum Gasteiger partial charge on any atom is 0.337 e. The number of anilines is 1. The molecule has 0 unspecified atom stereocenters. The van der Waals surface area contributed by atoms with Crippen LogP contribution in [0, 0.1) is 5.82 Å². The minimum absolute atomic E-state index is 0.124. The van der Waals surface area contributed by atoms with Crippen LogP contribution < -0.4 is 5.32 Å². The van der Waals surface area contributed by atoms with E-state index < -0.39 is 17.7 Å². The number of hydrogen-bond donors (Lipinski definition) is 1. The first-order chi connectivity index (χ1) is 10.4. The number of ether oxygens (including phenoxy) is 1. The van der Waals surface area contributed by atoms with Gasteiger partial charge < -0.3 is 10.1 Å². The van der Waals surface area contributed by atoms with Crippen LogP contribution in [0.5, 0.6) is 0 Å². The van der Waals surface area contributed by atoms with Gasteiger partial charge in [-0.25, -0.2) is 9.18 Å². The molecule has 0 radical (unpaired) electrons. The van der Waals surface area contributed by atoms with Gasteiger partial charge >= 0.3 is 5.97 Å². The monoisotopic (exact) mass is 341 g/mol. The summed E-state index contributed by atoms with van der Waals surface area (Å²) in [5.74, 6) is -1.96. The highest BCUT2D eigenvalue weighted by Crippen LogP contribution is 2.25. The van der Waals surface area contributed by atoms with Gasteiger partial charge in [0.2, 0.25) is 0 Å². The molecular formula is C15H10Cl2FNO3. The third-order valence-corrected chi connectivity index (χ3v) is 3.36. The van der Waals surface area contributed by atoms with Gasteiger partial charge in [0, 0.05) is 5.02 Å². The highest BCUT2D eigenvalue weighted by Gasteiger charge is 2.15. The van der Waals surface area contributed by atoms with Crippen LogP contribution in [-0.2, 0) is 4.74 Å². The molecule has 114 valence electrons. The number of rotatable bonds is 3. The van der Waals surface area contributed by atoms with Gasteiger partial charge in [0.15, 0.2) is 0 Å². The molecule has 0 heterocycles. The van der Waals surface area contributed by atoms with Gasteiger partial charge in [-0.2, -0.15) is 0 Å². The molecule has 0 fully saturated rings. The van der Waals surface area contributed by atoms with Gasteiger partial charge in [-0.1, -0.05) is 23.2 Å². The summed E-state index contributed by atoms with van der Waals surface area (Å²) in [5, 5.41) is 2.82. The summed E-state index contributed by atoms with van der Waals surface area (Å²) in [4.78, 5) is 23.4. The molecule has 0 saturated carbocycles. The number of carbonyl (C=O) groups is 2. The third kappa shape index (κ3) is 3.55. The maximum atomic E-state index is 13.6. The number of carbonyl (C=O) groups excluding carboxylic acids is 2. The first-order valence-corrected chi connectivity index (χ1v) is 6.82. The van der Waals surface area contributed by atoms with E-state index in [0.717, 1.165) is 6.07 Å². The fourth-order valence-corrected chi connectivity index (χ4v) is 2.12. The Balaban J connectivity index is 2.25. The minimum atomic E-state index is -0.704. The Bertz CT molecular complexity index is 750. The summed E-state index contributed by atoms with van der Waals surface area (Å²) < 4.78 is 18.2. The van der Waals surface area contributed by atoms with Gasteiger partial charge in [0.25, 0.3) is 5.91 Å². The van der Waals surface area contributed by atoms with Gasteiger partial charge in [-0.05, 0) is 36.4 Å². The number of benzene rings is 2.